The number of aliphatic carboxylic acids is 1. The lowest BCUT2D eigenvalue weighted by molar-refractivity contribution is -0.141. The van der Waals surface area contributed by atoms with Gasteiger partial charge in [0.2, 0.25) is 0 Å². The molecule has 5 nitrogen and oxygen atoms in total. The molecule has 6 heteroatoms. The van der Waals surface area contributed by atoms with Crippen molar-refractivity contribution >= 4 is 11.9 Å². The molecule has 0 spiro atoms. The first kappa shape index (κ1) is 15.1. The molecule has 0 bridgehead atoms. The van der Waals surface area contributed by atoms with Crippen LogP contribution in [0.5, 0.6) is 0 Å². The molecule has 2 N–H and O–H groups in total. The Labute approximate surface area is 110 Å². The summed E-state index contributed by atoms with van der Waals surface area (Å²) in [6.07, 6.45) is 0. The van der Waals surface area contributed by atoms with Crippen molar-refractivity contribution in [3.8, 4) is 0 Å². The third-order valence-corrected chi connectivity index (χ3v) is 2.64. The molecule has 1 rings (SSSR count). The minimum Gasteiger partial charge on any atom is -0.481 e. The molecular formula is C13H16FNO4. The van der Waals surface area contributed by atoms with Gasteiger partial charge in [-0.05, 0) is 18.2 Å². The third kappa shape index (κ3) is 4.33. The molecule has 1 unspecified atom stereocenters. The van der Waals surface area contributed by atoms with Crippen LogP contribution in [0.15, 0.2) is 24.3 Å². The molecule has 1 amide bonds. The first-order valence-corrected chi connectivity index (χ1v) is 5.84. The molecule has 19 heavy (non-hydrogen) atoms. The fraction of sp³-hybridized carbons (Fsp3) is 0.385. The van der Waals surface area contributed by atoms with E-state index in [4.69, 9.17) is 10.2 Å². The predicted octanol–water partition coefficient (Wildman–Crippen LogP) is 0.981. The van der Waals surface area contributed by atoms with Crippen molar-refractivity contribution in [3.05, 3.63) is 35.6 Å². The summed E-state index contributed by atoms with van der Waals surface area (Å²) >= 11 is 0. The fourth-order valence-electron chi connectivity index (χ4n) is 1.61. The van der Waals surface area contributed by atoms with Gasteiger partial charge in [-0.25, -0.2) is 4.39 Å². The molecule has 104 valence electrons. The Morgan fingerprint density at radius 2 is 2.11 bits per heavy atom. The predicted molar refractivity (Wildman–Crippen MR) is 66.2 cm³/mol. The maximum atomic E-state index is 13.1. The van der Waals surface area contributed by atoms with Crippen LogP contribution < -0.4 is 0 Å². The Balaban J connectivity index is 2.86. The molecule has 1 aromatic rings. The van der Waals surface area contributed by atoms with Crippen molar-refractivity contribution in [1.82, 2.24) is 4.90 Å². The molecule has 0 fully saturated rings. The summed E-state index contributed by atoms with van der Waals surface area (Å²) in [6, 6.07) is 5.15. The van der Waals surface area contributed by atoms with Crippen LogP contribution in [0.4, 0.5) is 4.39 Å². The second-order valence-electron chi connectivity index (χ2n) is 4.22. The summed E-state index contributed by atoms with van der Waals surface area (Å²) < 4.78 is 13.1. The molecule has 0 aliphatic heterocycles. The average molecular weight is 269 g/mol. The van der Waals surface area contributed by atoms with E-state index in [-0.39, 0.29) is 25.3 Å². The van der Waals surface area contributed by atoms with Gasteiger partial charge in [-0.1, -0.05) is 13.0 Å². The highest BCUT2D eigenvalue weighted by molar-refractivity contribution is 5.94. The number of carbonyl (C=O) groups is 2. The van der Waals surface area contributed by atoms with Crippen LogP contribution in [0, 0.1) is 11.7 Å². The van der Waals surface area contributed by atoms with Crippen molar-refractivity contribution in [2.45, 2.75) is 6.92 Å². The highest BCUT2D eigenvalue weighted by Crippen LogP contribution is 2.09. The zero-order chi connectivity index (χ0) is 14.4. The summed E-state index contributed by atoms with van der Waals surface area (Å²) in [7, 11) is 0. The summed E-state index contributed by atoms with van der Waals surface area (Å²) in [5.41, 5.74) is 0.131. The Hall–Kier alpha value is -1.95. The maximum Gasteiger partial charge on any atom is 0.308 e. The van der Waals surface area contributed by atoms with Crippen LogP contribution in [0.25, 0.3) is 0 Å². The van der Waals surface area contributed by atoms with E-state index in [0.29, 0.717) is 0 Å². The van der Waals surface area contributed by atoms with Gasteiger partial charge in [-0.15, -0.1) is 0 Å². The van der Waals surface area contributed by atoms with Gasteiger partial charge in [0.25, 0.3) is 5.91 Å². The van der Waals surface area contributed by atoms with Gasteiger partial charge in [-0.3, -0.25) is 9.59 Å². The fourth-order valence-corrected chi connectivity index (χ4v) is 1.61. The van der Waals surface area contributed by atoms with Gasteiger partial charge in [0.15, 0.2) is 0 Å². The molecule has 0 aromatic heterocycles. The largest absolute Gasteiger partial charge is 0.481 e. The lowest BCUT2D eigenvalue weighted by atomic mass is 10.1. The Kier molecular flexibility index (Phi) is 5.44. The van der Waals surface area contributed by atoms with Gasteiger partial charge in [0.05, 0.1) is 12.5 Å². The van der Waals surface area contributed by atoms with Crippen molar-refractivity contribution < 1.29 is 24.2 Å². The topological polar surface area (TPSA) is 77.8 Å². The highest BCUT2D eigenvalue weighted by Gasteiger charge is 2.21. The van der Waals surface area contributed by atoms with Crippen LogP contribution in [-0.4, -0.2) is 46.7 Å². The lowest BCUT2D eigenvalue weighted by Crippen LogP contribution is -2.38. The van der Waals surface area contributed by atoms with E-state index in [1.54, 1.807) is 0 Å². The summed E-state index contributed by atoms with van der Waals surface area (Å²) in [5.74, 6) is -2.83. The number of rotatable bonds is 6. The molecular weight excluding hydrogens is 253 g/mol. The summed E-state index contributed by atoms with van der Waals surface area (Å²) in [5, 5.41) is 17.8. The van der Waals surface area contributed by atoms with Gasteiger partial charge in [0.1, 0.15) is 5.82 Å². The number of nitrogens with zero attached hydrogens (tertiary/aromatic N) is 1. The highest BCUT2D eigenvalue weighted by atomic mass is 19.1. The first-order chi connectivity index (χ1) is 8.95. The second kappa shape index (κ2) is 6.84. The van der Waals surface area contributed by atoms with Gasteiger partial charge < -0.3 is 15.1 Å². The number of amides is 1. The van der Waals surface area contributed by atoms with Gasteiger partial charge in [-0.2, -0.15) is 0 Å². The number of carboxylic acids is 1. The Morgan fingerprint density at radius 3 is 2.63 bits per heavy atom. The minimum atomic E-state index is -1.03. The molecule has 1 atom stereocenters. The van der Waals surface area contributed by atoms with Crippen LogP contribution in [0.2, 0.25) is 0 Å². The second-order valence-corrected chi connectivity index (χ2v) is 4.22. The van der Waals surface area contributed by atoms with Crippen LogP contribution in [0.3, 0.4) is 0 Å². The molecule has 0 aliphatic rings. The van der Waals surface area contributed by atoms with Crippen molar-refractivity contribution in [3.63, 3.8) is 0 Å². The van der Waals surface area contributed by atoms with E-state index in [0.717, 1.165) is 6.07 Å². The van der Waals surface area contributed by atoms with Crippen molar-refractivity contribution in [1.29, 1.82) is 0 Å². The smallest absolute Gasteiger partial charge is 0.308 e. The van der Waals surface area contributed by atoms with Crippen LogP contribution in [-0.2, 0) is 4.79 Å². The van der Waals surface area contributed by atoms with E-state index in [2.05, 4.69) is 0 Å². The zero-order valence-corrected chi connectivity index (χ0v) is 10.5. The number of hydrogen-bond acceptors (Lipinski definition) is 3. The number of carbonyl (C=O) groups excluding carboxylic acids is 1. The van der Waals surface area contributed by atoms with E-state index in [9.17, 15) is 14.0 Å². The number of halogens is 1. The number of benzene rings is 1. The normalized spacial score (nSPS) is 11.9. The average Bonchev–Trinajstić information content (AvgIpc) is 2.37. The summed E-state index contributed by atoms with van der Waals surface area (Å²) in [4.78, 5) is 24.1. The van der Waals surface area contributed by atoms with Gasteiger partial charge in [0, 0.05) is 18.7 Å². The standard InChI is InChI=1S/C13H16FNO4/c1-9(13(18)19)8-15(5-6-16)12(17)10-3-2-4-11(14)7-10/h2-4,7,9,16H,5-6,8H2,1H3,(H,18,19). The van der Waals surface area contributed by atoms with Gasteiger partial charge >= 0.3 is 5.97 Å². The Bertz CT molecular complexity index is 464. The van der Waals surface area contributed by atoms with E-state index >= 15 is 0 Å². The number of aliphatic hydroxyl groups excluding tert-OH is 1. The quantitative estimate of drug-likeness (QED) is 0.807. The number of aliphatic hydroxyl groups is 1. The first-order valence-electron chi connectivity index (χ1n) is 5.84. The molecule has 0 heterocycles. The minimum absolute atomic E-state index is 0.00691. The van der Waals surface area contributed by atoms with Crippen LogP contribution >= 0.6 is 0 Å². The summed E-state index contributed by atoms with van der Waals surface area (Å²) in [6.45, 7) is 1.15. The maximum absolute atomic E-state index is 13.1. The Morgan fingerprint density at radius 1 is 1.42 bits per heavy atom. The molecule has 0 aliphatic carbocycles. The third-order valence-electron chi connectivity index (χ3n) is 2.64. The molecule has 0 radical (unpaired) electrons. The lowest BCUT2D eigenvalue weighted by Gasteiger charge is -2.23. The van der Waals surface area contributed by atoms with E-state index in [1.165, 1.54) is 30.0 Å². The monoisotopic (exact) mass is 269 g/mol. The molecule has 0 saturated heterocycles. The number of carboxylic acid groups (broad SMARTS) is 1. The van der Waals surface area contributed by atoms with E-state index in [1.807, 2.05) is 0 Å². The molecule has 0 saturated carbocycles. The van der Waals surface area contributed by atoms with Crippen LogP contribution in [0.1, 0.15) is 17.3 Å². The van der Waals surface area contributed by atoms with E-state index < -0.39 is 23.6 Å². The number of hydrogen-bond donors (Lipinski definition) is 2. The zero-order valence-electron chi connectivity index (χ0n) is 10.5. The van der Waals surface area contributed by atoms with Crippen molar-refractivity contribution in [2.24, 2.45) is 5.92 Å². The van der Waals surface area contributed by atoms with Crippen molar-refractivity contribution in [2.75, 3.05) is 19.7 Å². The molecule has 1 aromatic carbocycles. The SMILES string of the molecule is CC(CN(CCO)C(=O)c1cccc(F)c1)C(=O)O.